The van der Waals surface area contributed by atoms with Gasteiger partial charge in [0.2, 0.25) is 7.49 Å². The van der Waals surface area contributed by atoms with Crippen LogP contribution in [-0.2, 0) is 0 Å². The van der Waals surface area contributed by atoms with Crippen molar-refractivity contribution in [1.82, 2.24) is 5.16 Å². The molecule has 1 N–H and O–H groups in total. The summed E-state index contributed by atoms with van der Waals surface area (Å²) in [5.74, 6) is 0. The Kier molecular flexibility index (Phi) is 2.59. The molecular formula is C11H13NO2P+. The van der Waals surface area contributed by atoms with Gasteiger partial charge in [-0.1, -0.05) is 35.5 Å². The number of aromatic nitrogens is 1. The Balaban J connectivity index is 2.37. The molecule has 0 aliphatic carbocycles. The Labute approximate surface area is 89.1 Å². The van der Waals surface area contributed by atoms with Crippen molar-refractivity contribution in [3.63, 3.8) is 0 Å². The van der Waals surface area contributed by atoms with Crippen LogP contribution in [0.4, 0.5) is 0 Å². The van der Waals surface area contributed by atoms with E-state index in [1.807, 2.05) is 36.4 Å². The van der Waals surface area contributed by atoms with Gasteiger partial charge in [0.05, 0.1) is 19.4 Å². The van der Waals surface area contributed by atoms with Crippen LogP contribution in [0.3, 0.4) is 0 Å². The first-order valence-corrected chi connectivity index (χ1v) is 7.30. The van der Waals surface area contributed by atoms with Gasteiger partial charge in [0, 0.05) is 5.56 Å². The zero-order valence-corrected chi connectivity index (χ0v) is 9.61. The molecule has 0 fully saturated rings. The molecule has 3 nitrogen and oxygen atoms in total. The van der Waals surface area contributed by atoms with Gasteiger partial charge in [0.15, 0.2) is 0 Å². The van der Waals surface area contributed by atoms with Crippen LogP contribution in [0, 0.1) is 0 Å². The fourth-order valence-electron chi connectivity index (χ4n) is 1.27. The van der Waals surface area contributed by atoms with E-state index in [1.165, 1.54) is 0 Å². The molecule has 0 saturated carbocycles. The van der Waals surface area contributed by atoms with E-state index < -0.39 is 7.49 Å². The van der Waals surface area contributed by atoms with Crippen LogP contribution in [0.5, 0.6) is 0 Å². The largest absolute Gasteiger partial charge is 0.316 e. The molecule has 0 aliphatic heterocycles. The highest BCUT2D eigenvalue weighted by Gasteiger charge is 2.31. The van der Waals surface area contributed by atoms with Gasteiger partial charge in [-0.25, -0.2) is 4.89 Å². The first-order valence-electron chi connectivity index (χ1n) is 4.67. The molecule has 0 saturated heterocycles. The van der Waals surface area contributed by atoms with E-state index in [-0.39, 0.29) is 0 Å². The first-order chi connectivity index (χ1) is 7.07. The van der Waals surface area contributed by atoms with Gasteiger partial charge in [-0.05, 0) is 0 Å². The van der Waals surface area contributed by atoms with Gasteiger partial charge < -0.3 is 4.52 Å². The van der Waals surface area contributed by atoms with Crippen LogP contribution in [-0.4, -0.2) is 23.4 Å². The molecule has 0 unspecified atom stereocenters. The lowest BCUT2D eigenvalue weighted by molar-refractivity contribution is 0.442. The molecule has 1 aromatic heterocycles. The molecular weight excluding hydrogens is 209 g/mol. The Morgan fingerprint density at radius 3 is 2.40 bits per heavy atom. The average molecular weight is 222 g/mol. The summed E-state index contributed by atoms with van der Waals surface area (Å²) in [5.41, 5.74) is 2.36. The van der Waals surface area contributed by atoms with Crippen molar-refractivity contribution in [1.29, 1.82) is 0 Å². The van der Waals surface area contributed by atoms with Crippen molar-refractivity contribution in [3.8, 4) is 11.3 Å². The highest BCUT2D eigenvalue weighted by molar-refractivity contribution is 7.75. The SMILES string of the molecule is C[P+](C)(O)c1cc(-c2ccccc2)no1. The number of benzene rings is 1. The minimum atomic E-state index is -2.10. The van der Waals surface area contributed by atoms with Crippen LogP contribution < -0.4 is 5.50 Å². The van der Waals surface area contributed by atoms with Gasteiger partial charge in [0.1, 0.15) is 5.69 Å². The van der Waals surface area contributed by atoms with E-state index in [2.05, 4.69) is 5.16 Å². The second kappa shape index (κ2) is 3.76. The third-order valence-corrected chi connectivity index (χ3v) is 3.40. The van der Waals surface area contributed by atoms with Crippen molar-refractivity contribution < 1.29 is 9.42 Å². The van der Waals surface area contributed by atoms with Gasteiger partial charge in [0.25, 0.3) is 0 Å². The molecule has 0 amide bonds. The third-order valence-electron chi connectivity index (χ3n) is 2.11. The molecule has 1 heterocycles. The minimum Gasteiger partial charge on any atom is -0.316 e. The highest BCUT2D eigenvalue weighted by Crippen LogP contribution is 2.44. The lowest BCUT2D eigenvalue weighted by Gasteiger charge is -2.00. The highest BCUT2D eigenvalue weighted by atomic mass is 31.2. The van der Waals surface area contributed by atoms with E-state index >= 15 is 0 Å². The second-order valence-corrected chi connectivity index (χ2v) is 7.04. The molecule has 0 atom stereocenters. The van der Waals surface area contributed by atoms with Crippen molar-refractivity contribution in [2.24, 2.45) is 0 Å². The maximum atomic E-state index is 9.83. The Morgan fingerprint density at radius 2 is 1.87 bits per heavy atom. The summed E-state index contributed by atoms with van der Waals surface area (Å²) in [6, 6.07) is 11.6. The Hall–Kier alpha value is -1.18. The summed E-state index contributed by atoms with van der Waals surface area (Å²) in [4.78, 5) is 9.83. The zero-order chi connectivity index (χ0) is 10.9. The number of nitrogens with zero attached hydrogens (tertiary/aromatic N) is 1. The van der Waals surface area contributed by atoms with Crippen LogP contribution in [0.15, 0.2) is 40.9 Å². The maximum absolute atomic E-state index is 9.83. The molecule has 2 rings (SSSR count). The standard InChI is InChI=1S/C11H13NO2P/c1-15(2,13)11-8-10(12-14-11)9-6-4-3-5-7-9/h3-8,13H,1-2H3/q+1. The van der Waals surface area contributed by atoms with E-state index in [0.717, 1.165) is 11.3 Å². The van der Waals surface area contributed by atoms with Gasteiger partial charge >= 0.3 is 5.50 Å². The van der Waals surface area contributed by atoms with Crippen LogP contribution in [0.25, 0.3) is 11.3 Å². The molecule has 2 aromatic rings. The summed E-state index contributed by atoms with van der Waals surface area (Å²) in [6.45, 7) is 3.56. The molecule has 0 aliphatic rings. The topological polar surface area (TPSA) is 46.3 Å². The van der Waals surface area contributed by atoms with Crippen molar-refractivity contribution in [2.75, 3.05) is 13.3 Å². The lowest BCUT2D eigenvalue weighted by Crippen LogP contribution is -2.04. The van der Waals surface area contributed by atoms with Gasteiger partial charge in [-0.2, -0.15) is 0 Å². The van der Waals surface area contributed by atoms with Gasteiger partial charge in [-0.15, -0.1) is 0 Å². The van der Waals surface area contributed by atoms with E-state index in [4.69, 9.17) is 4.52 Å². The smallest absolute Gasteiger partial charge is 0.301 e. The van der Waals surface area contributed by atoms with Crippen LogP contribution in [0.2, 0.25) is 0 Å². The summed E-state index contributed by atoms with van der Waals surface area (Å²) < 4.78 is 5.13. The summed E-state index contributed by atoms with van der Waals surface area (Å²) in [7, 11) is -2.10. The van der Waals surface area contributed by atoms with E-state index in [0.29, 0.717) is 5.50 Å². The van der Waals surface area contributed by atoms with Crippen LogP contribution in [0.1, 0.15) is 0 Å². The Morgan fingerprint density at radius 1 is 1.20 bits per heavy atom. The monoisotopic (exact) mass is 222 g/mol. The fraction of sp³-hybridized carbons (Fsp3) is 0.182. The van der Waals surface area contributed by atoms with Crippen LogP contribution >= 0.6 is 7.49 Å². The average Bonchev–Trinajstić information content (AvgIpc) is 2.67. The maximum Gasteiger partial charge on any atom is 0.301 e. The predicted octanol–water partition coefficient (Wildman–Crippen LogP) is 2.15. The van der Waals surface area contributed by atoms with Crippen molar-refractivity contribution in [2.45, 2.75) is 0 Å². The summed E-state index contributed by atoms with van der Waals surface area (Å²) >= 11 is 0. The van der Waals surface area contributed by atoms with Gasteiger partial charge in [-0.3, -0.25) is 0 Å². The summed E-state index contributed by atoms with van der Waals surface area (Å²) in [5, 5.41) is 3.95. The lowest BCUT2D eigenvalue weighted by atomic mass is 10.2. The van der Waals surface area contributed by atoms with Crippen molar-refractivity contribution >= 4 is 13.0 Å². The second-order valence-electron chi connectivity index (χ2n) is 3.81. The number of rotatable bonds is 2. The zero-order valence-electron chi connectivity index (χ0n) is 8.71. The summed E-state index contributed by atoms with van der Waals surface area (Å²) in [6.07, 6.45) is 0. The predicted molar refractivity (Wildman–Crippen MR) is 62.6 cm³/mol. The number of hydrogen-bond donors (Lipinski definition) is 1. The fourth-order valence-corrected chi connectivity index (χ4v) is 1.95. The molecule has 15 heavy (non-hydrogen) atoms. The molecule has 78 valence electrons. The van der Waals surface area contributed by atoms with Crippen molar-refractivity contribution in [3.05, 3.63) is 36.4 Å². The molecule has 0 spiro atoms. The molecule has 1 aromatic carbocycles. The number of hydrogen-bond acceptors (Lipinski definition) is 3. The molecule has 0 bridgehead atoms. The van der Waals surface area contributed by atoms with E-state index in [1.54, 1.807) is 13.3 Å². The van der Waals surface area contributed by atoms with E-state index in [9.17, 15) is 4.89 Å². The normalized spacial score (nSPS) is 11.7. The quantitative estimate of drug-likeness (QED) is 0.792. The Bertz CT molecular complexity index is 445. The molecule has 0 radical (unpaired) electrons. The third kappa shape index (κ3) is 2.25. The molecule has 4 heteroatoms. The first kappa shape index (κ1) is 10.3. The minimum absolute atomic E-state index is 0.585.